The quantitative estimate of drug-likeness (QED) is 0.778. The lowest BCUT2D eigenvalue weighted by molar-refractivity contribution is -0.132. The van der Waals surface area contributed by atoms with Gasteiger partial charge in [0.05, 0.1) is 19.6 Å². The highest BCUT2D eigenvalue weighted by atomic mass is 16.5. The van der Waals surface area contributed by atoms with E-state index >= 15 is 0 Å². The fourth-order valence-corrected chi connectivity index (χ4v) is 3.47. The molecule has 7 nitrogen and oxygen atoms in total. The number of hydrogen-bond donors (Lipinski definition) is 0. The van der Waals surface area contributed by atoms with Crippen LogP contribution in [0.1, 0.15) is 49.0 Å². The van der Waals surface area contributed by atoms with Crippen molar-refractivity contribution in [2.45, 2.75) is 38.1 Å². The molecule has 1 aromatic heterocycles. The van der Waals surface area contributed by atoms with Crippen LogP contribution in [0, 0.1) is 0 Å². The lowest BCUT2D eigenvalue weighted by atomic mass is 10.1. The molecule has 0 N–H and O–H groups in total. The summed E-state index contributed by atoms with van der Waals surface area (Å²) in [6.07, 6.45) is 2.76. The van der Waals surface area contributed by atoms with Crippen molar-refractivity contribution in [1.82, 2.24) is 19.9 Å². The first-order valence-electron chi connectivity index (χ1n) is 9.62. The number of carbonyl (C=O) groups excluding carboxylic acids is 1. The number of ether oxygens (including phenoxy) is 1. The van der Waals surface area contributed by atoms with Gasteiger partial charge in [-0.05, 0) is 37.5 Å². The van der Waals surface area contributed by atoms with Gasteiger partial charge in [0.1, 0.15) is 5.75 Å². The van der Waals surface area contributed by atoms with Gasteiger partial charge in [0.15, 0.2) is 5.82 Å². The number of carbonyl (C=O) groups is 1. The van der Waals surface area contributed by atoms with Crippen LogP contribution in [0.2, 0.25) is 0 Å². The molecule has 1 saturated carbocycles. The van der Waals surface area contributed by atoms with Crippen molar-refractivity contribution in [3.63, 3.8) is 0 Å². The number of piperazine rings is 1. The van der Waals surface area contributed by atoms with E-state index < -0.39 is 0 Å². The first-order valence-corrected chi connectivity index (χ1v) is 9.62. The molecule has 0 spiro atoms. The molecule has 4 rings (SSSR count). The van der Waals surface area contributed by atoms with Crippen molar-refractivity contribution in [2.75, 3.05) is 33.3 Å². The summed E-state index contributed by atoms with van der Waals surface area (Å²) in [6.45, 7) is 5.18. The summed E-state index contributed by atoms with van der Waals surface area (Å²) in [4.78, 5) is 21.4. The van der Waals surface area contributed by atoms with Crippen molar-refractivity contribution in [3.8, 4) is 5.75 Å². The Morgan fingerprint density at radius 2 is 1.93 bits per heavy atom. The number of benzene rings is 1. The van der Waals surface area contributed by atoms with E-state index in [1.54, 1.807) is 7.11 Å². The summed E-state index contributed by atoms with van der Waals surface area (Å²) in [5.74, 6) is 3.02. The molecule has 1 aliphatic carbocycles. The van der Waals surface area contributed by atoms with Gasteiger partial charge in [0, 0.05) is 32.1 Å². The van der Waals surface area contributed by atoms with Crippen LogP contribution < -0.4 is 4.74 Å². The molecule has 7 heteroatoms. The topological polar surface area (TPSA) is 71.7 Å². The molecule has 144 valence electrons. The van der Waals surface area contributed by atoms with Gasteiger partial charge in [-0.15, -0.1) is 0 Å². The Kier molecular flexibility index (Phi) is 5.11. The highest BCUT2D eigenvalue weighted by Gasteiger charge is 2.32. The molecule has 1 saturated heterocycles. The molecule has 0 unspecified atom stereocenters. The summed E-state index contributed by atoms with van der Waals surface area (Å²) in [7, 11) is 1.64. The Bertz CT molecular complexity index is 777. The fourth-order valence-electron chi connectivity index (χ4n) is 3.47. The normalized spacial score (nSPS) is 19.1. The SMILES string of the molecule is COc1ccc(CC(=O)N2CCN([C@@H](C)c3nc(C4CC4)no3)CC2)cc1. The maximum atomic E-state index is 12.6. The number of rotatable bonds is 6. The predicted octanol–water partition coefficient (Wildman–Crippen LogP) is 2.40. The lowest BCUT2D eigenvalue weighted by Crippen LogP contribution is -2.49. The maximum absolute atomic E-state index is 12.6. The van der Waals surface area contributed by atoms with Crippen LogP contribution in [0.4, 0.5) is 0 Å². The van der Waals surface area contributed by atoms with Gasteiger partial charge in [-0.3, -0.25) is 9.69 Å². The van der Waals surface area contributed by atoms with Gasteiger partial charge in [-0.1, -0.05) is 17.3 Å². The zero-order chi connectivity index (χ0) is 18.8. The van der Waals surface area contributed by atoms with E-state index in [0.29, 0.717) is 18.2 Å². The molecule has 2 fully saturated rings. The summed E-state index contributed by atoms with van der Waals surface area (Å²) in [6, 6.07) is 7.76. The van der Waals surface area contributed by atoms with Crippen LogP contribution in [0.3, 0.4) is 0 Å². The Hall–Kier alpha value is -2.41. The summed E-state index contributed by atoms with van der Waals surface area (Å²) in [5.41, 5.74) is 1.01. The molecule has 1 aromatic carbocycles. The van der Waals surface area contributed by atoms with Crippen LogP contribution >= 0.6 is 0 Å². The minimum absolute atomic E-state index is 0.0869. The number of hydrogen-bond acceptors (Lipinski definition) is 6. The van der Waals surface area contributed by atoms with Crippen molar-refractivity contribution >= 4 is 5.91 Å². The van der Waals surface area contributed by atoms with E-state index in [4.69, 9.17) is 9.26 Å². The van der Waals surface area contributed by atoms with Crippen LogP contribution in [0.5, 0.6) is 5.75 Å². The summed E-state index contributed by atoms with van der Waals surface area (Å²) in [5, 5.41) is 4.11. The third kappa shape index (κ3) is 4.13. The van der Waals surface area contributed by atoms with E-state index in [9.17, 15) is 4.79 Å². The van der Waals surface area contributed by atoms with Crippen molar-refractivity contribution in [2.24, 2.45) is 0 Å². The molecule has 2 aromatic rings. The Labute approximate surface area is 159 Å². The van der Waals surface area contributed by atoms with Crippen LogP contribution in [-0.4, -0.2) is 59.1 Å². The van der Waals surface area contributed by atoms with Gasteiger partial charge in [0.2, 0.25) is 11.8 Å². The third-order valence-electron chi connectivity index (χ3n) is 5.49. The van der Waals surface area contributed by atoms with E-state index in [1.165, 1.54) is 12.8 Å². The minimum Gasteiger partial charge on any atom is -0.497 e. The third-order valence-corrected chi connectivity index (χ3v) is 5.49. The Morgan fingerprint density at radius 1 is 1.22 bits per heavy atom. The Morgan fingerprint density at radius 3 is 2.56 bits per heavy atom. The van der Waals surface area contributed by atoms with Crippen LogP contribution in [0.15, 0.2) is 28.8 Å². The molecule has 2 heterocycles. The molecule has 27 heavy (non-hydrogen) atoms. The van der Waals surface area contributed by atoms with Crippen molar-refractivity contribution < 1.29 is 14.1 Å². The van der Waals surface area contributed by atoms with Crippen molar-refractivity contribution in [1.29, 1.82) is 0 Å². The van der Waals surface area contributed by atoms with Gasteiger partial charge in [-0.25, -0.2) is 0 Å². The van der Waals surface area contributed by atoms with Crippen LogP contribution in [0.25, 0.3) is 0 Å². The average molecular weight is 370 g/mol. The smallest absolute Gasteiger partial charge is 0.243 e. The molecule has 2 aliphatic rings. The van der Waals surface area contributed by atoms with Gasteiger partial charge >= 0.3 is 0 Å². The molecule has 1 amide bonds. The molecular weight excluding hydrogens is 344 g/mol. The zero-order valence-corrected chi connectivity index (χ0v) is 15.9. The number of nitrogens with zero attached hydrogens (tertiary/aromatic N) is 4. The highest BCUT2D eigenvalue weighted by molar-refractivity contribution is 5.79. The van der Waals surface area contributed by atoms with E-state index in [1.807, 2.05) is 29.2 Å². The standard InChI is InChI=1S/C20H26N4O3/c1-14(20-21-19(22-27-20)16-5-6-16)23-9-11-24(12-10-23)18(25)13-15-3-7-17(26-2)8-4-15/h3-4,7-8,14,16H,5-6,9-13H2,1-2H3/t14-/m0/s1. The highest BCUT2D eigenvalue weighted by Crippen LogP contribution is 2.38. The van der Waals surface area contributed by atoms with Gasteiger partial charge in [0.25, 0.3) is 0 Å². The molecule has 1 aliphatic heterocycles. The molecule has 0 radical (unpaired) electrons. The molecule has 0 bridgehead atoms. The lowest BCUT2D eigenvalue weighted by Gasteiger charge is -2.36. The maximum Gasteiger partial charge on any atom is 0.243 e. The molecular formula is C20H26N4O3. The molecule has 1 atom stereocenters. The largest absolute Gasteiger partial charge is 0.497 e. The second-order valence-electron chi connectivity index (χ2n) is 7.38. The average Bonchev–Trinajstić information content (AvgIpc) is 3.45. The summed E-state index contributed by atoms with van der Waals surface area (Å²) >= 11 is 0. The first kappa shape index (κ1) is 18.0. The van der Waals surface area contributed by atoms with E-state index in [2.05, 4.69) is 22.0 Å². The Balaban J connectivity index is 1.28. The van der Waals surface area contributed by atoms with Crippen LogP contribution in [-0.2, 0) is 11.2 Å². The minimum atomic E-state index is 0.0869. The first-order chi connectivity index (χ1) is 13.1. The van der Waals surface area contributed by atoms with E-state index in [-0.39, 0.29) is 11.9 Å². The predicted molar refractivity (Wildman–Crippen MR) is 99.5 cm³/mol. The van der Waals surface area contributed by atoms with Gasteiger partial charge < -0.3 is 14.2 Å². The fraction of sp³-hybridized carbons (Fsp3) is 0.550. The number of aromatic nitrogens is 2. The second-order valence-corrected chi connectivity index (χ2v) is 7.38. The van der Waals surface area contributed by atoms with E-state index in [0.717, 1.165) is 43.3 Å². The van der Waals surface area contributed by atoms with Crippen molar-refractivity contribution in [3.05, 3.63) is 41.5 Å². The monoisotopic (exact) mass is 370 g/mol. The zero-order valence-electron chi connectivity index (χ0n) is 15.9. The van der Waals surface area contributed by atoms with Gasteiger partial charge in [-0.2, -0.15) is 4.98 Å². The number of methoxy groups -OCH3 is 1. The number of amides is 1. The second kappa shape index (κ2) is 7.68. The summed E-state index contributed by atoms with van der Waals surface area (Å²) < 4.78 is 10.6.